The summed E-state index contributed by atoms with van der Waals surface area (Å²) in [4.78, 5) is 12.5. The molecule has 0 spiro atoms. The Bertz CT molecular complexity index is 611. The van der Waals surface area contributed by atoms with E-state index >= 15 is 0 Å². The van der Waals surface area contributed by atoms with Crippen LogP contribution in [0.15, 0.2) is 24.3 Å². The van der Waals surface area contributed by atoms with E-state index < -0.39 is 17.2 Å². The van der Waals surface area contributed by atoms with Crippen LogP contribution < -0.4 is 4.74 Å². The number of ketones is 1. The van der Waals surface area contributed by atoms with Crippen LogP contribution in [0, 0.1) is 5.92 Å². The highest BCUT2D eigenvalue weighted by atomic mass is 32.2. The molecule has 2 heterocycles. The Morgan fingerprint density at radius 1 is 1.12 bits per heavy atom. The number of hydrogen-bond donors (Lipinski definition) is 0. The Kier molecular flexibility index (Phi) is 4.99. The molecule has 2 unspecified atom stereocenters. The topological polar surface area (TPSA) is 43.4 Å². The molecule has 2 fully saturated rings. The highest BCUT2D eigenvalue weighted by molar-refractivity contribution is 7.86. The van der Waals surface area contributed by atoms with Crippen molar-refractivity contribution in [2.24, 2.45) is 5.92 Å². The Hall–Kier alpha value is -1.37. The van der Waals surface area contributed by atoms with E-state index in [9.17, 15) is 22.2 Å². The maximum Gasteiger partial charge on any atom is 0.573 e. The third kappa shape index (κ3) is 4.18. The van der Waals surface area contributed by atoms with E-state index in [-0.39, 0.29) is 34.4 Å². The molecule has 0 radical (unpaired) electrons. The number of ether oxygens (including phenoxy) is 1. The van der Waals surface area contributed by atoms with Gasteiger partial charge in [0.15, 0.2) is 0 Å². The summed E-state index contributed by atoms with van der Waals surface area (Å²) in [5.74, 6) is -0.279. The maximum atomic E-state index is 12.5. The minimum Gasteiger partial charge on any atom is -0.406 e. The van der Waals surface area contributed by atoms with Crippen LogP contribution >= 0.6 is 0 Å². The molecule has 2 aliphatic heterocycles. The molecule has 7 heteroatoms. The third-order valence-electron chi connectivity index (χ3n) is 4.79. The second-order valence-electron chi connectivity index (χ2n) is 6.51. The van der Waals surface area contributed by atoms with Crippen LogP contribution in [-0.2, 0) is 22.0 Å². The molecule has 1 aromatic carbocycles. The fraction of sp³-hybridized carbons (Fsp3) is 0.588. The average Bonchev–Trinajstić information content (AvgIpc) is 2.47. The zero-order valence-corrected chi connectivity index (χ0v) is 13.9. The van der Waals surface area contributed by atoms with Crippen molar-refractivity contribution in [2.75, 3.05) is 0 Å². The van der Waals surface area contributed by atoms with Crippen LogP contribution in [0.3, 0.4) is 0 Å². The summed E-state index contributed by atoms with van der Waals surface area (Å²) in [7, 11) is -0.808. The smallest absolute Gasteiger partial charge is 0.406 e. The third-order valence-corrected chi connectivity index (χ3v) is 6.97. The summed E-state index contributed by atoms with van der Waals surface area (Å²) < 4.78 is 52.4. The first-order chi connectivity index (χ1) is 11.3. The van der Waals surface area contributed by atoms with Gasteiger partial charge in [-0.3, -0.25) is 9.00 Å². The van der Waals surface area contributed by atoms with Gasteiger partial charge in [-0.25, -0.2) is 0 Å². The molecule has 132 valence electrons. The van der Waals surface area contributed by atoms with E-state index in [0.29, 0.717) is 18.4 Å². The second-order valence-corrected chi connectivity index (χ2v) is 8.50. The lowest BCUT2D eigenvalue weighted by Gasteiger charge is -2.37. The molecule has 3 nitrogen and oxygen atoms in total. The van der Waals surface area contributed by atoms with Gasteiger partial charge in [0.25, 0.3) is 0 Å². The predicted molar refractivity (Wildman–Crippen MR) is 84.1 cm³/mol. The van der Waals surface area contributed by atoms with Gasteiger partial charge >= 0.3 is 6.36 Å². The van der Waals surface area contributed by atoms with Crippen LogP contribution in [0.4, 0.5) is 13.2 Å². The summed E-state index contributed by atoms with van der Waals surface area (Å²) in [6.07, 6.45) is -0.222. The number of halogens is 3. The van der Waals surface area contributed by atoms with Gasteiger partial charge < -0.3 is 4.74 Å². The van der Waals surface area contributed by atoms with Gasteiger partial charge in [0.05, 0.1) is 0 Å². The van der Waals surface area contributed by atoms with Crippen molar-refractivity contribution in [3.63, 3.8) is 0 Å². The number of Topliss-reactive ketones (excluding diaryl/α,β-unsaturated/α-hetero) is 1. The van der Waals surface area contributed by atoms with Gasteiger partial charge in [-0.1, -0.05) is 18.6 Å². The molecule has 2 aliphatic rings. The Balaban J connectivity index is 1.60. The molecule has 0 aromatic heterocycles. The van der Waals surface area contributed by atoms with Gasteiger partial charge in [-0.2, -0.15) is 0 Å². The minimum absolute atomic E-state index is 0.0795. The molecule has 0 N–H and O–H groups in total. The number of alkyl halides is 3. The summed E-state index contributed by atoms with van der Waals surface area (Å²) in [5.41, 5.74) is 0.673. The molecule has 24 heavy (non-hydrogen) atoms. The number of carbonyl (C=O) groups excluding carboxylic acids is 1. The monoisotopic (exact) mass is 360 g/mol. The molecule has 0 saturated carbocycles. The molecular weight excluding hydrogens is 341 g/mol. The van der Waals surface area contributed by atoms with Crippen molar-refractivity contribution in [2.45, 2.75) is 55.4 Å². The van der Waals surface area contributed by atoms with E-state index in [4.69, 9.17) is 0 Å². The summed E-state index contributed by atoms with van der Waals surface area (Å²) >= 11 is 0. The van der Waals surface area contributed by atoms with Crippen molar-refractivity contribution in [3.05, 3.63) is 29.8 Å². The van der Waals surface area contributed by atoms with Crippen LogP contribution in [0.5, 0.6) is 5.75 Å². The van der Waals surface area contributed by atoms with E-state index in [0.717, 1.165) is 19.3 Å². The zero-order valence-electron chi connectivity index (χ0n) is 13.1. The van der Waals surface area contributed by atoms with Crippen LogP contribution in [0.25, 0.3) is 0 Å². The fourth-order valence-corrected chi connectivity index (χ4v) is 5.84. The normalized spacial score (nSPS) is 30.0. The summed E-state index contributed by atoms with van der Waals surface area (Å²) in [5, 5.41) is 0.267. The number of benzene rings is 1. The van der Waals surface area contributed by atoms with Gasteiger partial charge in [0.2, 0.25) is 0 Å². The van der Waals surface area contributed by atoms with Crippen LogP contribution in [0.1, 0.15) is 37.7 Å². The maximum absolute atomic E-state index is 12.5. The average molecular weight is 360 g/mol. The molecule has 3 rings (SSSR count). The standard InChI is InChI=1S/C17H19F3O3S/c18-17(19,20)23-13-6-4-11(5-7-13)8-16(21)12-9-14-2-1-3-15(10-12)24(14)22/h4-7,12,14-15H,1-3,8-10H2. The molecule has 2 atom stereocenters. The van der Waals surface area contributed by atoms with E-state index in [1.807, 2.05) is 0 Å². The highest BCUT2D eigenvalue weighted by Gasteiger charge is 2.40. The molecule has 0 aliphatic carbocycles. The van der Waals surface area contributed by atoms with Gasteiger partial charge in [-0.15, -0.1) is 13.2 Å². The number of fused-ring (bicyclic) bond motifs is 2. The zero-order chi connectivity index (χ0) is 17.3. The van der Waals surface area contributed by atoms with E-state index in [1.165, 1.54) is 24.3 Å². The Labute approximate surface area is 141 Å². The van der Waals surface area contributed by atoms with Crippen molar-refractivity contribution < 1.29 is 26.9 Å². The first kappa shape index (κ1) is 17.5. The number of rotatable bonds is 4. The fourth-order valence-electron chi connectivity index (χ4n) is 3.65. The summed E-state index contributed by atoms with van der Waals surface area (Å²) in [6.45, 7) is 0. The first-order valence-corrected chi connectivity index (χ1v) is 9.36. The Morgan fingerprint density at radius 3 is 2.25 bits per heavy atom. The molecule has 2 bridgehead atoms. The van der Waals surface area contributed by atoms with Crippen molar-refractivity contribution in [1.82, 2.24) is 0 Å². The lowest BCUT2D eigenvalue weighted by Crippen LogP contribution is -2.41. The summed E-state index contributed by atoms with van der Waals surface area (Å²) in [6, 6.07) is 5.42. The molecule has 0 amide bonds. The van der Waals surface area contributed by atoms with Crippen LogP contribution in [-0.4, -0.2) is 26.9 Å². The highest BCUT2D eigenvalue weighted by Crippen LogP contribution is 2.37. The first-order valence-electron chi connectivity index (χ1n) is 8.08. The number of carbonyl (C=O) groups is 1. The predicted octanol–water partition coefficient (Wildman–Crippen LogP) is 3.78. The Morgan fingerprint density at radius 2 is 1.71 bits per heavy atom. The second kappa shape index (κ2) is 6.86. The van der Waals surface area contributed by atoms with Crippen molar-refractivity contribution in [3.8, 4) is 5.75 Å². The van der Waals surface area contributed by atoms with Gasteiger partial charge in [0.1, 0.15) is 11.5 Å². The SMILES string of the molecule is O=C(Cc1ccc(OC(F)(F)F)cc1)C1CC2CCCC(C1)S2=O. The number of hydrogen-bond acceptors (Lipinski definition) is 3. The van der Waals surface area contributed by atoms with Gasteiger partial charge in [0, 0.05) is 33.6 Å². The largest absolute Gasteiger partial charge is 0.573 e. The minimum atomic E-state index is -4.72. The molecule has 1 aromatic rings. The molecular formula is C17H19F3O3S. The van der Waals surface area contributed by atoms with Crippen molar-refractivity contribution in [1.29, 1.82) is 0 Å². The lowest BCUT2D eigenvalue weighted by molar-refractivity contribution is -0.274. The van der Waals surface area contributed by atoms with E-state index in [2.05, 4.69) is 4.74 Å². The van der Waals surface area contributed by atoms with Gasteiger partial charge in [-0.05, 0) is 43.4 Å². The van der Waals surface area contributed by atoms with Crippen molar-refractivity contribution >= 4 is 16.6 Å². The molecule has 2 saturated heterocycles. The lowest BCUT2D eigenvalue weighted by atomic mass is 9.85. The van der Waals surface area contributed by atoms with E-state index in [1.54, 1.807) is 0 Å². The van der Waals surface area contributed by atoms with Crippen LogP contribution in [0.2, 0.25) is 0 Å². The quantitative estimate of drug-likeness (QED) is 0.821.